The molecule has 0 bridgehead atoms. The number of amides is 3. The highest BCUT2D eigenvalue weighted by Gasteiger charge is 2.18. The predicted octanol–water partition coefficient (Wildman–Crippen LogP) is 1.94. The number of H-pyrrole nitrogens is 1. The van der Waals surface area contributed by atoms with Crippen LogP contribution in [0.1, 0.15) is 12.7 Å². The van der Waals surface area contributed by atoms with E-state index in [9.17, 15) is 9.59 Å². The van der Waals surface area contributed by atoms with Crippen molar-refractivity contribution in [1.82, 2.24) is 20.5 Å². The Hall–Kier alpha value is -2.35. The smallest absolute Gasteiger partial charge is 0.308 e. The van der Waals surface area contributed by atoms with Gasteiger partial charge < -0.3 is 5.32 Å². The summed E-state index contributed by atoms with van der Waals surface area (Å²) in [6.07, 6.45) is 0. The number of aryl methyl sites for hydroxylation is 1. The van der Waals surface area contributed by atoms with E-state index in [0.717, 1.165) is 0 Å². The number of imide groups is 1. The van der Waals surface area contributed by atoms with Crippen molar-refractivity contribution in [3.8, 4) is 0 Å². The molecule has 0 saturated carbocycles. The van der Waals surface area contributed by atoms with Crippen molar-refractivity contribution >= 4 is 29.4 Å². The van der Waals surface area contributed by atoms with Gasteiger partial charge in [-0.15, -0.1) is 5.10 Å². The Morgan fingerprint density at radius 3 is 2.62 bits per heavy atom. The zero-order valence-electron chi connectivity index (χ0n) is 11.6. The fourth-order valence-electron chi connectivity index (χ4n) is 1.48. The number of aromatic nitrogens is 3. The molecule has 110 valence electrons. The second-order valence-corrected chi connectivity index (χ2v) is 5.58. The maximum Gasteiger partial charge on any atom is 0.325 e. The van der Waals surface area contributed by atoms with Gasteiger partial charge in [-0.25, -0.2) is 9.78 Å². The van der Waals surface area contributed by atoms with Crippen LogP contribution in [-0.4, -0.2) is 32.4 Å². The minimum atomic E-state index is -0.565. The molecule has 0 radical (unpaired) electrons. The summed E-state index contributed by atoms with van der Waals surface area (Å²) in [5.41, 5.74) is 0.618. The van der Waals surface area contributed by atoms with E-state index in [1.165, 1.54) is 11.8 Å². The highest BCUT2D eigenvalue weighted by atomic mass is 32.2. The SMILES string of the molecule is Cc1nc(SC(C)C(=O)NC(=O)Nc2ccccc2)n[nH]1. The number of urea groups is 1. The van der Waals surface area contributed by atoms with Crippen molar-refractivity contribution in [2.24, 2.45) is 0 Å². The third-order valence-electron chi connectivity index (χ3n) is 2.50. The van der Waals surface area contributed by atoms with Gasteiger partial charge >= 0.3 is 6.03 Å². The maximum atomic E-state index is 11.9. The van der Waals surface area contributed by atoms with Crippen molar-refractivity contribution in [2.45, 2.75) is 24.3 Å². The Kier molecular flexibility index (Phi) is 4.94. The van der Waals surface area contributed by atoms with E-state index in [1.807, 2.05) is 6.07 Å². The molecule has 0 aliphatic rings. The Balaban J connectivity index is 1.84. The van der Waals surface area contributed by atoms with E-state index in [2.05, 4.69) is 25.8 Å². The summed E-state index contributed by atoms with van der Waals surface area (Å²) in [6, 6.07) is 8.33. The lowest BCUT2D eigenvalue weighted by Gasteiger charge is -2.10. The first-order valence-electron chi connectivity index (χ1n) is 6.27. The van der Waals surface area contributed by atoms with E-state index < -0.39 is 17.2 Å². The van der Waals surface area contributed by atoms with Crippen LogP contribution in [0.2, 0.25) is 0 Å². The molecule has 7 nitrogen and oxygen atoms in total. The molecule has 1 heterocycles. The molecule has 2 aromatic rings. The topological polar surface area (TPSA) is 99.8 Å². The number of hydrogen-bond donors (Lipinski definition) is 3. The monoisotopic (exact) mass is 305 g/mol. The number of carbonyl (C=O) groups excluding carboxylic acids is 2. The van der Waals surface area contributed by atoms with Crippen molar-refractivity contribution in [2.75, 3.05) is 5.32 Å². The van der Waals surface area contributed by atoms with Crippen LogP contribution >= 0.6 is 11.8 Å². The van der Waals surface area contributed by atoms with Gasteiger partial charge in [-0.3, -0.25) is 15.2 Å². The second kappa shape index (κ2) is 6.89. The zero-order valence-corrected chi connectivity index (χ0v) is 12.4. The number of para-hydroxylation sites is 1. The van der Waals surface area contributed by atoms with Gasteiger partial charge in [0.05, 0.1) is 5.25 Å². The summed E-state index contributed by atoms with van der Waals surface area (Å²) in [5, 5.41) is 11.5. The summed E-state index contributed by atoms with van der Waals surface area (Å²) < 4.78 is 0. The first kappa shape index (κ1) is 15.0. The second-order valence-electron chi connectivity index (χ2n) is 4.27. The van der Waals surface area contributed by atoms with Crippen LogP contribution in [0.5, 0.6) is 0 Å². The molecule has 8 heteroatoms. The van der Waals surface area contributed by atoms with Gasteiger partial charge in [0.1, 0.15) is 5.82 Å². The molecule has 1 aromatic carbocycles. The lowest BCUT2D eigenvalue weighted by atomic mass is 10.3. The molecule has 2 rings (SSSR count). The van der Waals surface area contributed by atoms with Crippen LogP contribution in [0.3, 0.4) is 0 Å². The fourth-order valence-corrected chi connectivity index (χ4v) is 2.25. The van der Waals surface area contributed by atoms with Crippen LogP contribution in [0.15, 0.2) is 35.5 Å². The predicted molar refractivity (Wildman–Crippen MR) is 80.0 cm³/mol. The van der Waals surface area contributed by atoms with Crippen LogP contribution in [-0.2, 0) is 4.79 Å². The van der Waals surface area contributed by atoms with Gasteiger partial charge in [0.15, 0.2) is 0 Å². The highest BCUT2D eigenvalue weighted by molar-refractivity contribution is 8.00. The average molecular weight is 305 g/mol. The number of nitrogens with one attached hydrogen (secondary N) is 3. The van der Waals surface area contributed by atoms with E-state index >= 15 is 0 Å². The largest absolute Gasteiger partial charge is 0.325 e. The van der Waals surface area contributed by atoms with E-state index in [-0.39, 0.29) is 0 Å². The van der Waals surface area contributed by atoms with Crippen molar-refractivity contribution in [1.29, 1.82) is 0 Å². The standard InChI is InChI=1S/C13H15N5O2S/c1-8(21-13-14-9(2)17-18-13)11(19)16-12(20)15-10-6-4-3-5-7-10/h3-8H,1-2H3,(H,14,17,18)(H2,15,16,19,20). The lowest BCUT2D eigenvalue weighted by molar-refractivity contribution is -0.119. The maximum absolute atomic E-state index is 11.9. The lowest BCUT2D eigenvalue weighted by Crippen LogP contribution is -2.38. The van der Waals surface area contributed by atoms with Gasteiger partial charge in [-0.05, 0) is 26.0 Å². The summed E-state index contributed by atoms with van der Waals surface area (Å²) in [4.78, 5) is 27.7. The molecule has 21 heavy (non-hydrogen) atoms. The number of benzene rings is 1. The Labute approximate surface area is 125 Å². The minimum Gasteiger partial charge on any atom is -0.308 e. The number of nitrogens with zero attached hydrogens (tertiary/aromatic N) is 2. The molecule has 1 atom stereocenters. The van der Waals surface area contributed by atoms with Crippen LogP contribution in [0.4, 0.5) is 10.5 Å². The molecule has 3 amide bonds. The molecular weight excluding hydrogens is 290 g/mol. The summed E-state index contributed by atoms with van der Waals surface area (Å²) in [5.74, 6) is 0.266. The third kappa shape index (κ3) is 4.60. The zero-order chi connectivity index (χ0) is 15.2. The molecule has 0 aliphatic carbocycles. The van der Waals surface area contributed by atoms with Gasteiger partial charge in [-0.2, -0.15) is 0 Å². The number of anilines is 1. The normalized spacial score (nSPS) is 11.7. The number of aromatic amines is 1. The Morgan fingerprint density at radius 2 is 2.00 bits per heavy atom. The van der Waals surface area contributed by atoms with Gasteiger partial charge in [-0.1, -0.05) is 30.0 Å². The first-order chi connectivity index (χ1) is 10.0. The summed E-state index contributed by atoms with van der Waals surface area (Å²) in [6.45, 7) is 3.45. The van der Waals surface area contributed by atoms with Gasteiger partial charge in [0, 0.05) is 5.69 Å². The summed E-state index contributed by atoms with van der Waals surface area (Å²) in [7, 11) is 0. The van der Waals surface area contributed by atoms with Crippen molar-refractivity contribution < 1.29 is 9.59 Å². The Morgan fingerprint density at radius 1 is 1.29 bits per heavy atom. The van der Waals surface area contributed by atoms with Gasteiger partial charge in [0.2, 0.25) is 11.1 Å². The molecule has 0 saturated heterocycles. The molecule has 0 spiro atoms. The van der Waals surface area contributed by atoms with Crippen molar-refractivity contribution in [3.63, 3.8) is 0 Å². The Bertz CT molecular complexity index is 629. The van der Waals surface area contributed by atoms with E-state index in [1.54, 1.807) is 38.1 Å². The fraction of sp³-hybridized carbons (Fsp3) is 0.231. The number of carbonyl (C=O) groups is 2. The van der Waals surface area contributed by atoms with Crippen LogP contribution in [0, 0.1) is 6.92 Å². The number of rotatable bonds is 4. The minimum absolute atomic E-state index is 0.407. The average Bonchev–Trinajstić information content (AvgIpc) is 2.85. The molecule has 1 unspecified atom stereocenters. The van der Waals surface area contributed by atoms with Crippen molar-refractivity contribution in [3.05, 3.63) is 36.2 Å². The highest BCUT2D eigenvalue weighted by Crippen LogP contribution is 2.18. The first-order valence-corrected chi connectivity index (χ1v) is 7.15. The molecule has 0 fully saturated rings. The van der Waals surface area contributed by atoms with Crippen LogP contribution in [0.25, 0.3) is 0 Å². The van der Waals surface area contributed by atoms with E-state index in [0.29, 0.717) is 16.7 Å². The molecular formula is C13H15N5O2S. The third-order valence-corrected chi connectivity index (χ3v) is 3.46. The van der Waals surface area contributed by atoms with Gasteiger partial charge in [0.25, 0.3) is 0 Å². The van der Waals surface area contributed by atoms with Crippen LogP contribution < -0.4 is 10.6 Å². The summed E-state index contributed by atoms with van der Waals surface area (Å²) >= 11 is 1.18. The number of thioether (sulfide) groups is 1. The quantitative estimate of drug-likeness (QED) is 0.750. The molecule has 0 aliphatic heterocycles. The molecule has 3 N–H and O–H groups in total. The molecule has 1 aromatic heterocycles. The van der Waals surface area contributed by atoms with E-state index in [4.69, 9.17) is 0 Å². The number of hydrogen-bond acceptors (Lipinski definition) is 5.